The van der Waals surface area contributed by atoms with Crippen LogP contribution >= 0.6 is 0 Å². The molecule has 1 heterocycles. The van der Waals surface area contributed by atoms with Crippen LogP contribution in [0.4, 0.5) is 0 Å². The highest BCUT2D eigenvalue weighted by Crippen LogP contribution is 2.23. The van der Waals surface area contributed by atoms with Gasteiger partial charge in [0.1, 0.15) is 11.3 Å². The zero-order valence-electron chi connectivity index (χ0n) is 9.19. The maximum absolute atomic E-state index is 5.64. The third-order valence-electron chi connectivity index (χ3n) is 2.76. The molecular weight excluding hydrogens is 204 g/mol. The van der Waals surface area contributed by atoms with Gasteiger partial charge in [0.2, 0.25) is 5.89 Å². The van der Waals surface area contributed by atoms with Crippen LogP contribution in [0.1, 0.15) is 18.7 Å². The van der Waals surface area contributed by atoms with Crippen LogP contribution in [0.2, 0.25) is 0 Å². The lowest BCUT2D eigenvalue weighted by Crippen LogP contribution is -2.15. The Labute approximate surface area is 93.6 Å². The van der Waals surface area contributed by atoms with Crippen molar-refractivity contribution in [3.8, 4) is 5.75 Å². The van der Waals surface area contributed by atoms with Gasteiger partial charge < -0.3 is 14.5 Å². The second-order valence-corrected chi connectivity index (χ2v) is 4.10. The van der Waals surface area contributed by atoms with E-state index in [1.54, 1.807) is 7.11 Å². The molecule has 0 spiro atoms. The molecule has 0 atom stereocenters. The summed E-state index contributed by atoms with van der Waals surface area (Å²) >= 11 is 0. The molecule has 0 radical (unpaired) electrons. The Hall–Kier alpha value is -1.55. The van der Waals surface area contributed by atoms with E-state index in [0.717, 1.165) is 22.7 Å². The lowest BCUT2D eigenvalue weighted by atomic mass is 10.3. The largest absolute Gasteiger partial charge is 0.497 e. The summed E-state index contributed by atoms with van der Waals surface area (Å²) < 4.78 is 10.8. The lowest BCUT2D eigenvalue weighted by Gasteiger charge is -1.96. The Kier molecular flexibility index (Phi) is 2.29. The first kappa shape index (κ1) is 9.66. The van der Waals surface area contributed by atoms with Crippen LogP contribution in [0.25, 0.3) is 11.1 Å². The lowest BCUT2D eigenvalue weighted by molar-refractivity contribution is 0.414. The van der Waals surface area contributed by atoms with E-state index in [1.165, 1.54) is 12.8 Å². The van der Waals surface area contributed by atoms with Crippen molar-refractivity contribution in [1.29, 1.82) is 0 Å². The van der Waals surface area contributed by atoms with Gasteiger partial charge >= 0.3 is 0 Å². The first-order valence-corrected chi connectivity index (χ1v) is 5.52. The summed E-state index contributed by atoms with van der Waals surface area (Å²) in [4.78, 5) is 4.40. The molecule has 1 aliphatic rings. The van der Waals surface area contributed by atoms with Gasteiger partial charge in [-0.1, -0.05) is 0 Å². The Morgan fingerprint density at radius 3 is 3.12 bits per heavy atom. The molecule has 2 aromatic rings. The van der Waals surface area contributed by atoms with E-state index in [1.807, 2.05) is 18.2 Å². The Bertz CT molecular complexity index is 503. The standard InChI is InChI=1S/C12H14N2O2/c1-15-9-4-5-10-11(6-9)16-12(14-10)7-13-8-2-3-8/h4-6,8,13H,2-3,7H2,1H3. The minimum atomic E-state index is 0.671. The van der Waals surface area contributed by atoms with E-state index in [9.17, 15) is 0 Å². The van der Waals surface area contributed by atoms with Crippen LogP contribution in [0.15, 0.2) is 22.6 Å². The fraction of sp³-hybridized carbons (Fsp3) is 0.417. The molecule has 0 amide bonds. The van der Waals surface area contributed by atoms with Crippen LogP contribution < -0.4 is 10.1 Å². The molecule has 1 saturated carbocycles. The van der Waals surface area contributed by atoms with Gasteiger partial charge in [0, 0.05) is 12.1 Å². The van der Waals surface area contributed by atoms with Gasteiger partial charge in [-0.3, -0.25) is 0 Å². The van der Waals surface area contributed by atoms with Crippen molar-refractivity contribution in [2.45, 2.75) is 25.4 Å². The van der Waals surface area contributed by atoms with Gasteiger partial charge in [-0.15, -0.1) is 0 Å². The average Bonchev–Trinajstić information content (AvgIpc) is 3.04. The van der Waals surface area contributed by atoms with Crippen LogP contribution in [0, 0.1) is 0 Å². The predicted octanol–water partition coefficient (Wildman–Crippen LogP) is 2.09. The number of oxazole rings is 1. The first-order chi connectivity index (χ1) is 7.85. The number of rotatable bonds is 4. The first-order valence-electron chi connectivity index (χ1n) is 5.52. The molecular formula is C12H14N2O2. The molecule has 1 aromatic carbocycles. The highest BCUT2D eigenvalue weighted by molar-refractivity contribution is 5.74. The van der Waals surface area contributed by atoms with Crippen LogP contribution in [-0.2, 0) is 6.54 Å². The molecule has 1 aliphatic carbocycles. The normalized spacial score (nSPS) is 15.6. The van der Waals surface area contributed by atoms with Crippen molar-refractivity contribution in [3.63, 3.8) is 0 Å². The molecule has 0 aliphatic heterocycles. The maximum Gasteiger partial charge on any atom is 0.209 e. The van der Waals surface area contributed by atoms with Crippen molar-refractivity contribution in [2.24, 2.45) is 0 Å². The van der Waals surface area contributed by atoms with Gasteiger partial charge in [-0.05, 0) is 25.0 Å². The summed E-state index contributed by atoms with van der Waals surface area (Å²) in [6.07, 6.45) is 2.54. The summed E-state index contributed by atoms with van der Waals surface area (Å²) in [6.45, 7) is 0.710. The van der Waals surface area contributed by atoms with E-state index in [0.29, 0.717) is 12.6 Å². The molecule has 0 saturated heterocycles. The van der Waals surface area contributed by atoms with Crippen molar-refractivity contribution >= 4 is 11.1 Å². The number of hydrogen-bond acceptors (Lipinski definition) is 4. The fourth-order valence-corrected chi connectivity index (χ4v) is 1.67. The number of nitrogens with one attached hydrogen (secondary N) is 1. The molecule has 4 nitrogen and oxygen atoms in total. The third kappa shape index (κ3) is 1.88. The van der Waals surface area contributed by atoms with E-state index in [2.05, 4.69) is 10.3 Å². The minimum absolute atomic E-state index is 0.671. The van der Waals surface area contributed by atoms with Crippen LogP contribution in [0.5, 0.6) is 5.75 Å². The average molecular weight is 218 g/mol. The van der Waals surface area contributed by atoms with E-state index < -0.39 is 0 Å². The third-order valence-corrected chi connectivity index (χ3v) is 2.76. The van der Waals surface area contributed by atoms with Gasteiger partial charge in [-0.2, -0.15) is 0 Å². The van der Waals surface area contributed by atoms with Gasteiger partial charge in [0.05, 0.1) is 13.7 Å². The minimum Gasteiger partial charge on any atom is -0.497 e. The van der Waals surface area contributed by atoms with Crippen molar-refractivity contribution in [2.75, 3.05) is 7.11 Å². The number of hydrogen-bond donors (Lipinski definition) is 1. The van der Waals surface area contributed by atoms with Gasteiger partial charge in [-0.25, -0.2) is 4.98 Å². The summed E-state index contributed by atoms with van der Waals surface area (Å²) in [5.41, 5.74) is 1.67. The summed E-state index contributed by atoms with van der Waals surface area (Å²) in [5, 5.41) is 3.37. The molecule has 16 heavy (non-hydrogen) atoms. The van der Waals surface area contributed by atoms with E-state index in [-0.39, 0.29) is 0 Å². The molecule has 4 heteroatoms. The Balaban J connectivity index is 1.83. The second-order valence-electron chi connectivity index (χ2n) is 4.10. The summed E-state index contributed by atoms with van der Waals surface area (Å²) in [6, 6.07) is 6.34. The molecule has 84 valence electrons. The quantitative estimate of drug-likeness (QED) is 0.853. The van der Waals surface area contributed by atoms with Gasteiger partial charge in [0.15, 0.2) is 5.58 Å². The van der Waals surface area contributed by atoms with E-state index >= 15 is 0 Å². The van der Waals surface area contributed by atoms with Crippen LogP contribution in [-0.4, -0.2) is 18.1 Å². The number of nitrogens with zero attached hydrogens (tertiary/aromatic N) is 1. The Morgan fingerprint density at radius 1 is 1.50 bits per heavy atom. The smallest absolute Gasteiger partial charge is 0.209 e. The second kappa shape index (κ2) is 3.79. The van der Waals surface area contributed by atoms with Crippen molar-refractivity contribution in [3.05, 3.63) is 24.1 Å². The zero-order chi connectivity index (χ0) is 11.0. The fourth-order valence-electron chi connectivity index (χ4n) is 1.67. The molecule has 1 fully saturated rings. The number of methoxy groups -OCH3 is 1. The zero-order valence-corrected chi connectivity index (χ0v) is 9.19. The Morgan fingerprint density at radius 2 is 2.38 bits per heavy atom. The van der Waals surface area contributed by atoms with Gasteiger partial charge in [0.25, 0.3) is 0 Å². The molecule has 0 unspecified atom stereocenters. The summed E-state index contributed by atoms with van der Waals surface area (Å²) in [7, 11) is 1.65. The van der Waals surface area contributed by atoms with Crippen molar-refractivity contribution < 1.29 is 9.15 Å². The molecule has 0 bridgehead atoms. The maximum atomic E-state index is 5.64. The predicted molar refractivity (Wildman–Crippen MR) is 60.4 cm³/mol. The molecule has 1 N–H and O–H groups in total. The number of benzene rings is 1. The monoisotopic (exact) mass is 218 g/mol. The highest BCUT2D eigenvalue weighted by Gasteiger charge is 2.21. The molecule has 3 rings (SSSR count). The van der Waals surface area contributed by atoms with Crippen molar-refractivity contribution in [1.82, 2.24) is 10.3 Å². The molecule has 1 aromatic heterocycles. The summed E-state index contributed by atoms with van der Waals surface area (Å²) in [5.74, 6) is 1.54. The number of ether oxygens (including phenoxy) is 1. The SMILES string of the molecule is COc1ccc2nc(CNC3CC3)oc2c1. The number of aromatic nitrogens is 1. The highest BCUT2D eigenvalue weighted by atomic mass is 16.5. The topological polar surface area (TPSA) is 47.3 Å². The van der Waals surface area contributed by atoms with Crippen LogP contribution in [0.3, 0.4) is 0 Å². The van der Waals surface area contributed by atoms with E-state index in [4.69, 9.17) is 9.15 Å². The number of fused-ring (bicyclic) bond motifs is 1.